The van der Waals surface area contributed by atoms with Crippen molar-refractivity contribution in [2.75, 3.05) is 20.3 Å². The van der Waals surface area contributed by atoms with E-state index in [9.17, 15) is 13.2 Å². The van der Waals surface area contributed by atoms with E-state index in [0.29, 0.717) is 17.0 Å². The van der Waals surface area contributed by atoms with Gasteiger partial charge in [0.15, 0.2) is 5.69 Å². The largest absolute Gasteiger partial charge is 0.495 e. The maximum atomic E-state index is 13.6. The molecule has 0 spiro atoms. The van der Waals surface area contributed by atoms with Crippen molar-refractivity contribution in [1.29, 1.82) is 0 Å². The van der Waals surface area contributed by atoms with Crippen LogP contribution in [0.25, 0.3) is 5.69 Å². The second-order valence-corrected chi connectivity index (χ2v) is 10.4. The van der Waals surface area contributed by atoms with Crippen LogP contribution < -0.4 is 4.74 Å². The molecule has 2 aromatic carbocycles. The quantitative estimate of drug-likeness (QED) is 0.471. The van der Waals surface area contributed by atoms with E-state index in [0.717, 1.165) is 22.5 Å². The molecule has 180 valence electrons. The van der Waals surface area contributed by atoms with Crippen molar-refractivity contribution in [3.63, 3.8) is 0 Å². The van der Waals surface area contributed by atoms with Crippen LogP contribution >= 0.6 is 11.6 Å². The lowest BCUT2D eigenvalue weighted by Gasteiger charge is -2.28. The van der Waals surface area contributed by atoms with Crippen LogP contribution in [0.1, 0.15) is 39.8 Å². The predicted octanol–water partition coefficient (Wildman–Crippen LogP) is 4.07. The van der Waals surface area contributed by atoms with Crippen LogP contribution in [0.5, 0.6) is 5.75 Å². The number of methoxy groups -OCH3 is 1. The van der Waals surface area contributed by atoms with Crippen LogP contribution in [0.15, 0.2) is 41.3 Å². The number of ether oxygens (including phenoxy) is 2. The molecule has 4 rings (SSSR count). The minimum Gasteiger partial charge on any atom is -0.495 e. The Morgan fingerprint density at radius 2 is 1.82 bits per heavy atom. The lowest BCUT2D eigenvalue weighted by molar-refractivity contribution is 0.0517. The average Bonchev–Trinajstić information content (AvgIpc) is 3.20. The molecule has 0 N–H and O–H groups in total. The lowest BCUT2D eigenvalue weighted by Crippen LogP contribution is -2.37. The fraction of sp³-hybridized carbons (Fsp3) is 0.333. The zero-order valence-electron chi connectivity index (χ0n) is 19.5. The molecule has 0 amide bonds. The summed E-state index contributed by atoms with van der Waals surface area (Å²) in [5.41, 5.74) is 3.92. The van der Waals surface area contributed by atoms with Gasteiger partial charge in [0.1, 0.15) is 10.6 Å². The maximum Gasteiger partial charge on any atom is 0.359 e. The first-order chi connectivity index (χ1) is 16.2. The van der Waals surface area contributed by atoms with Gasteiger partial charge in [-0.25, -0.2) is 17.9 Å². The monoisotopic (exact) mass is 503 g/mol. The molecule has 1 aliphatic rings. The maximum absolute atomic E-state index is 13.6. The van der Waals surface area contributed by atoms with Crippen LogP contribution in [0, 0.1) is 13.8 Å². The second kappa shape index (κ2) is 9.40. The number of aromatic nitrogens is 2. The Kier molecular flexibility index (Phi) is 6.71. The molecule has 0 bridgehead atoms. The molecular formula is C24H26ClN3O5S. The topological polar surface area (TPSA) is 90.7 Å². The molecule has 0 aliphatic carbocycles. The van der Waals surface area contributed by atoms with Gasteiger partial charge in [-0.1, -0.05) is 11.6 Å². The number of carbonyl (C=O) groups is 1. The lowest BCUT2D eigenvalue weighted by atomic mass is 10.1. The number of rotatable bonds is 6. The van der Waals surface area contributed by atoms with E-state index < -0.39 is 16.0 Å². The first-order valence-corrected chi connectivity index (χ1v) is 12.7. The number of hydrogen-bond donors (Lipinski definition) is 0. The van der Waals surface area contributed by atoms with Crippen molar-refractivity contribution in [1.82, 2.24) is 14.1 Å². The molecule has 0 atom stereocenters. The summed E-state index contributed by atoms with van der Waals surface area (Å²) >= 11 is 6.03. The number of aryl methyl sites for hydroxylation is 2. The Morgan fingerprint density at radius 1 is 1.15 bits per heavy atom. The third-order valence-corrected chi connectivity index (χ3v) is 8.08. The van der Waals surface area contributed by atoms with Gasteiger partial charge in [-0.2, -0.15) is 9.40 Å². The number of carbonyl (C=O) groups excluding carboxylic acids is 1. The number of sulfonamides is 1. The summed E-state index contributed by atoms with van der Waals surface area (Å²) in [5, 5.41) is 5.09. The van der Waals surface area contributed by atoms with Gasteiger partial charge >= 0.3 is 5.97 Å². The van der Waals surface area contributed by atoms with Crippen LogP contribution in [0.3, 0.4) is 0 Å². The first-order valence-electron chi connectivity index (χ1n) is 10.9. The molecule has 10 heteroatoms. The summed E-state index contributed by atoms with van der Waals surface area (Å²) < 4.78 is 40.9. The molecular weight excluding hydrogens is 478 g/mol. The highest BCUT2D eigenvalue weighted by atomic mass is 35.5. The predicted molar refractivity (Wildman–Crippen MR) is 128 cm³/mol. The summed E-state index contributed by atoms with van der Waals surface area (Å²) in [4.78, 5) is 12.8. The van der Waals surface area contributed by atoms with Crippen LogP contribution in [-0.2, 0) is 27.7 Å². The molecule has 0 saturated carbocycles. The highest BCUT2D eigenvalue weighted by molar-refractivity contribution is 7.89. The average molecular weight is 504 g/mol. The first kappa shape index (κ1) is 24.3. The van der Waals surface area contributed by atoms with Gasteiger partial charge in [-0.3, -0.25) is 0 Å². The number of esters is 1. The third kappa shape index (κ3) is 4.31. The minimum atomic E-state index is -3.90. The number of nitrogens with zero attached hydrogens (tertiary/aromatic N) is 3. The van der Waals surface area contributed by atoms with Gasteiger partial charge < -0.3 is 9.47 Å². The molecule has 3 aromatic rings. The van der Waals surface area contributed by atoms with Crippen molar-refractivity contribution >= 4 is 27.6 Å². The molecule has 0 saturated heterocycles. The molecule has 1 aromatic heterocycles. The van der Waals surface area contributed by atoms with Gasteiger partial charge in [-0.05, 0) is 68.3 Å². The van der Waals surface area contributed by atoms with Crippen LogP contribution in [-0.4, -0.2) is 48.7 Å². The Labute approximate surface area is 204 Å². The normalized spacial score (nSPS) is 14.0. The van der Waals surface area contributed by atoms with E-state index in [1.165, 1.54) is 11.4 Å². The van der Waals surface area contributed by atoms with Crippen molar-refractivity contribution in [2.45, 2.75) is 38.6 Å². The number of halogens is 1. The van der Waals surface area contributed by atoms with E-state index in [1.54, 1.807) is 48.0 Å². The number of benzene rings is 2. The van der Waals surface area contributed by atoms with E-state index in [-0.39, 0.29) is 36.0 Å². The summed E-state index contributed by atoms with van der Waals surface area (Å²) in [6, 6.07) is 10.4. The van der Waals surface area contributed by atoms with E-state index >= 15 is 0 Å². The van der Waals surface area contributed by atoms with Gasteiger partial charge in [0, 0.05) is 30.1 Å². The smallest absolute Gasteiger partial charge is 0.359 e. The Balaban J connectivity index is 1.79. The van der Waals surface area contributed by atoms with Crippen LogP contribution in [0.2, 0.25) is 5.02 Å². The Hall–Kier alpha value is -2.88. The number of hydrogen-bond acceptors (Lipinski definition) is 6. The highest BCUT2D eigenvalue weighted by Crippen LogP contribution is 2.34. The molecule has 2 heterocycles. The summed E-state index contributed by atoms with van der Waals surface area (Å²) in [5.74, 6) is -0.300. The van der Waals surface area contributed by atoms with Gasteiger partial charge in [0.2, 0.25) is 10.0 Å². The van der Waals surface area contributed by atoms with Crippen molar-refractivity contribution in [2.24, 2.45) is 0 Å². The van der Waals surface area contributed by atoms with E-state index in [1.807, 2.05) is 13.8 Å². The van der Waals surface area contributed by atoms with E-state index in [4.69, 9.17) is 21.1 Å². The Morgan fingerprint density at radius 3 is 2.47 bits per heavy atom. The summed E-state index contributed by atoms with van der Waals surface area (Å²) in [6.07, 6.45) is 0.372. The van der Waals surface area contributed by atoms with Crippen molar-refractivity contribution in [3.05, 3.63) is 69.5 Å². The molecule has 34 heavy (non-hydrogen) atoms. The molecule has 0 radical (unpaired) electrons. The fourth-order valence-electron chi connectivity index (χ4n) is 4.02. The zero-order chi connectivity index (χ0) is 24.6. The zero-order valence-corrected chi connectivity index (χ0v) is 21.0. The van der Waals surface area contributed by atoms with Gasteiger partial charge in [-0.15, -0.1) is 0 Å². The number of fused-ring (bicyclic) bond motifs is 1. The van der Waals surface area contributed by atoms with Crippen LogP contribution in [0.4, 0.5) is 0 Å². The van der Waals surface area contributed by atoms with Crippen molar-refractivity contribution in [3.8, 4) is 11.4 Å². The highest BCUT2D eigenvalue weighted by Gasteiger charge is 2.36. The third-order valence-electron chi connectivity index (χ3n) is 5.96. The van der Waals surface area contributed by atoms with Crippen molar-refractivity contribution < 1.29 is 22.7 Å². The Bertz CT molecular complexity index is 1350. The van der Waals surface area contributed by atoms with Gasteiger partial charge in [0.25, 0.3) is 0 Å². The SMILES string of the molecule is CCOC(=O)c1nn(-c2ccc(Cl)cc2)c2c1CN(S(=O)(=O)c1cc(C)c(C)cc1OC)CC2. The van der Waals surface area contributed by atoms with Gasteiger partial charge in [0.05, 0.1) is 25.1 Å². The minimum absolute atomic E-state index is 0.00448. The molecule has 8 nitrogen and oxygen atoms in total. The summed E-state index contributed by atoms with van der Waals surface area (Å²) in [6.45, 7) is 5.88. The fourth-order valence-corrected chi connectivity index (χ4v) is 5.78. The second-order valence-electron chi connectivity index (χ2n) is 8.06. The molecule has 0 unspecified atom stereocenters. The summed E-state index contributed by atoms with van der Waals surface area (Å²) in [7, 11) is -2.45. The standard InChI is InChI=1S/C24H26ClN3O5S/c1-5-33-24(29)23-19-14-27(34(30,31)22-13-16(3)15(2)12-21(22)32-4)11-10-20(19)28(26-23)18-8-6-17(25)7-9-18/h6-9,12-13H,5,10-11,14H2,1-4H3. The molecule has 1 aliphatic heterocycles. The molecule has 0 fully saturated rings. The van der Waals surface area contributed by atoms with E-state index in [2.05, 4.69) is 5.10 Å².